The van der Waals surface area contributed by atoms with Gasteiger partial charge in [-0.3, -0.25) is 0 Å². The minimum absolute atomic E-state index is 0.0767. The van der Waals surface area contributed by atoms with Gasteiger partial charge < -0.3 is 0 Å². The summed E-state index contributed by atoms with van der Waals surface area (Å²) in [6.07, 6.45) is 3.05. The van der Waals surface area contributed by atoms with Crippen LogP contribution in [0.1, 0.15) is 33.1 Å². The quantitative estimate of drug-likeness (QED) is 0.676. The van der Waals surface area contributed by atoms with Crippen LogP contribution in [-0.4, -0.2) is 36.4 Å². The first-order chi connectivity index (χ1) is 6.97. The summed E-state index contributed by atoms with van der Waals surface area (Å²) in [5.41, 5.74) is 0. The summed E-state index contributed by atoms with van der Waals surface area (Å²) >= 11 is 3.34. The Balaban J connectivity index is 2.59. The van der Waals surface area contributed by atoms with Crippen LogP contribution in [0.4, 0.5) is 0 Å². The molecule has 0 radical (unpaired) electrons. The highest BCUT2D eigenvalue weighted by atomic mass is 79.9. The Hall–Kier alpha value is 0.390. The summed E-state index contributed by atoms with van der Waals surface area (Å²) in [6.45, 7) is 4.52. The zero-order valence-corrected chi connectivity index (χ0v) is 11.8. The molecule has 0 spiro atoms. The number of hydrogen-bond acceptors (Lipinski definition) is 2. The molecule has 90 valence electrons. The molecule has 0 saturated heterocycles. The van der Waals surface area contributed by atoms with Gasteiger partial charge in [0, 0.05) is 17.9 Å². The Morgan fingerprint density at radius 1 is 1.40 bits per heavy atom. The van der Waals surface area contributed by atoms with E-state index >= 15 is 0 Å². The zero-order valence-electron chi connectivity index (χ0n) is 9.45. The van der Waals surface area contributed by atoms with Gasteiger partial charge >= 0.3 is 0 Å². The topological polar surface area (TPSA) is 37.4 Å². The second kappa shape index (κ2) is 5.64. The van der Waals surface area contributed by atoms with Crippen molar-refractivity contribution in [2.24, 2.45) is 5.92 Å². The van der Waals surface area contributed by atoms with E-state index in [1.165, 1.54) is 0 Å². The maximum atomic E-state index is 12.0. The molecule has 0 aromatic carbocycles. The van der Waals surface area contributed by atoms with Crippen LogP contribution in [0.15, 0.2) is 0 Å². The molecule has 0 aromatic heterocycles. The fourth-order valence-electron chi connectivity index (χ4n) is 1.61. The van der Waals surface area contributed by atoms with Gasteiger partial charge in [-0.1, -0.05) is 15.9 Å². The summed E-state index contributed by atoms with van der Waals surface area (Å²) in [6, 6.07) is 0.0767. The average molecular weight is 298 g/mol. The smallest absolute Gasteiger partial charge is 0.212 e. The molecule has 15 heavy (non-hydrogen) atoms. The van der Waals surface area contributed by atoms with E-state index in [0.717, 1.165) is 24.6 Å². The van der Waals surface area contributed by atoms with Gasteiger partial charge in [-0.05, 0) is 39.0 Å². The van der Waals surface area contributed by atoms with Gasteiger partial charge in [-0.25, -0.2) is 8.42 Å². The van der Waals surface area contributed by atoms with E-state index in [-0.39, 0.29) is 6.04 Å². The molecule has 0 bridgehead atoms. The van der Waals surface area contributed by atoms with Gasteiger partial charge in [0.1, 0.15) is 0 Å². The molecule has 0 heterocycles. The van der Waals surface area contributed by atoms with Crippen molar-refractivity contribution in [1.29, 1.82) is 0 Å². The third-order valence-corrected chi connectivity index (χ3v) is 5.36. The van der Waals surface area contributed by atoms with E-state index in [1.807, 2.05) is 13.8 Å². The van der Waals surface area contributed by atoms with Gasteiger partial charge in [0.15, 0.2) is 0 Å². The highest BCUT2D eigenvalue weighted by Gasteiger charge is 2.32. The molecule has 0 amide bonds. The molecule has 0 aromatic rings. The van der Waals surface area contributed by atoms with E-state index in [0.29, 0.717) is 18.2 Å². The molecule has 0 unspecified atom stereocenters. The first-order valence-corrected chi connectivity index (χ1v) is 8.26. The van der Waals surface area contributed by atoms with Gasteiger partial charge in [0.2, 0.25) is 10.0 Å². The average Bonchev–Trinajstić information content (AvgIpc) is 2.87. The van der Waals surface area contributed by atoms with Gasteiger partial charge in [0.25, 0.3) is 0 Å². The van der Waals surface area contributed by atoms with Crippen molar-refractivity contribution in [1.82, 2.24) is 4.31 Å². The Labute approximate surface area is 101 Å². The van der Waals surface area contributed by atoms with Crippen molar-refractivity contribution < 1.29 is 8.42 Å². The van der Waals surface area contributed by atoms with Crippen LogP contribution in [0.25, 0.3) is 0 Å². The molecule has 3 nitrogen and oxygen atoms in total. The Kier molecular flexibility index (Phi) is 5.06. The van der Waals surface area contributed by atoms with Crippen molar-refractivity contribution in [3.8, 4) is 0 Å². The van der Waals surface area contributed by atoms with E-state index in [2.05, 4.69) is 15.9 Å². The summed E-state index contributed by atoms with van der Waals surface area (Å²) in [5.74, 6) is 0.785. The number of halogens is 1. The molecule has 0 atom stereocenters. The van der Waals surface area contributed by atoms with E-state index < -0.39 is 10.0 Å². The largest absolute Gasteiger partial charge is 0.214 e. The summed E-state index contributed by atoms with van der Waals surface area (Å²) in [7, 11) is -3.02. The lowest BCUT2D eigenvalue weighted by molar-refractivity contribution is 0.354. The van der Waals surface area contributed by atoms with E-state index in [4.69, 9.17) is 0 Å². The highest BCUT2D eigenvalue weighted by Crippen LogP contribution is 2.31. The normalized spacial score (nSPS) is 17.7. The van der Waals surface area contributed by atoms with Crippen molar-refractivity contribution in [2.75, 3.05) is 17.6 Å². The van der Waals surface area contributed by atoms with E-state index in [1.54, 1.807) is 4.31 Å². The van der Waals surface area contributed by atoms with Crippen LogP contribution in [0.5, 0.6) is 0 Å². The number of nitrogens with zero attached hydrogens (tertiary/aromatic N) is 1. The summed E-state index contributed by atoms with van der Waals surface area (Å²) < 4.78 is 25.7. The van der Waals surface area contributed by atoms with Crippen LogP contribution in [0.2, 0.25) is 0 Å². The molecule has 1 saturated carbocycles. The molecule has 1 aliphatic rings. The predicted octanol–water partition coefficient (Wildman–Crippen LogP) is 2.22. The maximum absolute atomic E-state index is 12.0. The first kappa shape index (κ1) is 13.5. The van der Waals surface area contributed by atoms with E-state index in [9.17, 15) is 8.42 Å². The lowest BCUT2D eigenvalue weighted by Gasteiger charge is -2.25. The zero-order chi connectivity index (χ0) is 11.5. The van der Waals surface area contributed by atoms with Crippen molar-refractivity contribution in [3.63, 3.8) is 0 Å². The number of alkyl halides is 1. The second-order valence-corrected chi connectivity index (χ2v) is 7.23. The fourth-order valence-corrected chi connectivity index (χ4v) is 4.03. The molecule has 1 aliphatic carbocycles. The lowest BCUT2D eigenvalue weighted by atomic mass is 10.4. The standard InChI is InChI=1S/C10H20BrNO2S/c1-9(2)12(7-3-6-11)15(13,14)8-10-4-5-10/h9-10H,3-8H2,1-2H3. The molecular weight excluding hydrogens is 278 g/mol. The minimum Gasteiger partial charge on any atom is -0.212 e. The SMILES string of the molecule is CC(C)N(CCCBr)S(=O)(=O)CC1CC1. The summed E-state index contributed by atoms with van der Waals surface area (Å²) in [5, 5.41) is 0.856. The molecule has 0 N–H and O–H groups in total. The molecule has 1 fully saturated rings. The van der Waals surface area contributed by atoms with Gasteiger partial charge in [0.05, 0.1) is 5.75 Å². The molecule has 5 heteroatoms. The first-order valence-electron chi connectivity index (χ1n) is 5.53. The second-order valence-electron chi connectivity index (χ2n) is 4.47. The van der Waals surface area contributed by atoms with Gasteiger partial charge in [-0.2, -0.15) is 4.31 Å². The van der Waals surface area contributed by atoms with Crippen molar-refractivity contribution in [2.45, 2.75) is 39.2 Å². The third-order valence-electron chi connectivity index (χ3n) is 2.59. The summed E-state index contributed by atoms with van der Waals surface area (Å²) in [4.78, 5) is 0. The van der Waals surface area contributed by atoms with Crippen LogP contribution in [-0.2, 0) is 10.0 Å². The molecular formula is C10H20BrNO2S. The molecule has 1 rings (SSSR count). The van der Waals surface area contributed by atoms with Crippen molar-refractivity contribution >= 4 is 26.0 Å². The monoisotopic (exact) mass is 297 g/mol. The Morgan fingerprint density at radius 3 is 2.40 bits per heavy atom. The van der Waals surface area contributed by atoms with Crippen LogP contribution < -0.4 is 0 Å². The van der Waals surface area contributed by atoms with Gasteiger partial charge in [-0.15, -0.1) is 0 Å². The number of sulfonamides is 1. The van der Waals surface area contributed by atoms with Crippen LogP contribution in [0.3, 0.4) is 0 Å². The van der Waals surface area contributed by atoms with Crippen molar-refractivity contribution in [3.05, 3.63) is 0 Å². The highest BCUT2D eigenvalue weighted by molar-refractivity contribution is 9.09. The number of hydrogen-bond donors (Lipinski definition) is 0. The van der Waals surface area contributed by atoms with Crippen LogP contribution >= 0.6 is 15.9 Å². The lowest BCUT2D eigenvalue weighted by Crippen LogP contribution is -2.39. The third kappa shape index (κ3) is 4.41. The van der Waals surface area contributed by atoms with Crippen LogP contribution in [0, 0.1) is 5.92 Å². The number of rotatable bonds is 7. The maximum Gasteiger partial charge on any atom is 0.214 e. The predicted molar refractivity (Wildman–Crippen MR) is 66.8 cm³/mol. The fraction of sp³-hybridized carbons (Fsp3) is 1.00. The molecule has 0 aliphatic heterocycles. The minimum atomic E-state index is -3.02. The Morgan fingerprint density at radius 2 is 2.00 bits per heavy atom. The Bertz CT molecular complexity index is 286.